The first kappa shape index (κ1) is 26.9. The van der Waals surface area contributed by atoms with E-state index in [9.17, 15) is 15.2 Å². The van der Waals surface area contributed by atoms with Crippen LogP contribution >= 0.6 is 0 Å². The highest BCUT2D eigenvalue weighted by molar-refractivity contribution is 5.94. The Morgan fingerprint density at radius 1 is 1.19 bits per heavy atom. The molecule has 0 radical (unpaired) electrons. The van der Waals surface area contributed by atoms with Crippen LogP contribution in [0.25, 0.3) is 0 Å². The number of nitriles is 1. The molecule has 1 aliphatic carbocycles. The van der Waals surface area contributed by atoms with Crippen LogP contribution in [0.1, 0.15) is 68.1 Å². The number of piperidine rings is 1. The zero-order valence-electron chi connectivity index (χ0n) is 23.0. The quantitative estimate of drug-likeness (QED) is 0.610. The third kappa shape index (κ3) is 4.77. The maximum absolute atomic E-state index is 13.2. The molecular formula is C29H39N5O3. The molecule has 2 N–H and O–H groups in total. The van der Waals surface area contributed by atoms with Crippen LogP contribution < -0.4 is 15.0 Å². The van der Waals surface area contributed by atoms with Gasteiger partial charge in [0, 0.05) is 49.0 Å². The number of benzene rings is 1. The van der Waals surface area contributed by atoms with E-state index in [0.29, 0.717) is 28.9 Å². The smallest absolute Gasteiger partial charge is 0.254 e. The van der Waals surface area contributed by atoms with Crippen LogP contribution in [0.15, 0.2) is 24.5 Å². The van der Waals surface area contributed by atoms with Gasteiger partial charge in [-0.2, -0.15) is 5.26 Å². The van der Waals surface area contributed by atoms with Crippen molar-refractivity contribution in [2.75, 3.05) is 24.6 Å². The van der Waals surface area contributed by atoms with Crippen molar-refractivity contribution in [3.05, 3.63) is 46.8 Å². The van der Waals surface area contributed by atoms with Gasteiger partial charge in [0.2, 0.25) is 5.95 Å². The molecule has 0 bridgehead atoms. The van der Waals surface area contributed by atoms with Crippen LogP contribution in [0.5, 0.6) is 5.75 Å². The second-order valence-corrected chi connectivity index (χ2v) is 11.9. The van der Waals surface area contributed by atoms with E-state index in [1.54, 1.807) is 18.5 Å². The van der Waals surface area contributed by atoms with Gasteiger partial charge in [0.05, 0.1) is 17.2 Å². The number of aliphatic hydroxyl groups excluding tert-OH is 1. The average Bonchev–Trinajstić information content (AvgIpc) is 2.87. The summed E-state index contributed by atoms with van der Waals surface area (Å²) < 4.78 is 6.51. The minimum atomic E-state index is -0.318. The predicted octanol–water partition coefficient (Wildman–Crippen LogP) is 4.03. The minimum Gasteiger partial charge on any atom is -0.489 e. The van der Waals surface area contributed by atoms with Gasteiger partial charge in [-0.15, -0.1) is 0 Å². The zero-order chi connectivity index (χ0) is 27.1. The number of ether oxygens (including phenoxy) is 1. The molecule has 1 aromatic carbocycles. The van der Waals surface area contributed by atoms with Crippen LogP contribution in [-0.2, 0) is 0 Å². The highest BCUT2D eigenvalue weighted by Crippen LogP contribution is 2.55. The first-order valence-electron chi connectivity index (χ1n) is 13.1. The average molecular weight is 506 g/mol. The SMILES string of the molecule is Cc1c(C#N)ccc(OC2C(C)(C)C(NC(=O)c3cnc(N4CC[C@H](CO)[C@H](C)C4)nc3)C2(C)C)c1C. The molecular weight excluding hydrogens is 466 g/mol. The molecule has 37 heavy (non-hydrogen) atoms. The summed E-state index contributed by atoms with van der Waals surface area (Å²) in [5.74, 6) is 1.86. The van der Waals surface area contributed by atoms with Gasteiger partial charge < -0.3 is 20.1 Å². The van der Waals surface area contributed by atoms with Crippen LogP contribution in [-0.4, -0.2) is 52.8 Å². The van der Waals surface area contributed by atoms with Crippen molar-refractivity contribution in [2.45, 2.75) is 67.0 Å². The molecule has 2 fully saturated rings. The lowest BCUT2D eigenvalue weighted by atomic mass is 9.49. The summed E-state index contributed by atoms with van der Waals surface area (Å²) in [6.45, 7) is 16.3. The number of nitrogens with zero attached hydrogens (tertiary/aromatic N) is 4. The molecule has 1 aliphatic heterocycles. The van der Waals surface area contributed by atoms with E-state index in [0.717, 1.165) is 36.4 Å². The molecule has 2 aliphatic rings. The Kier molecular flexibility index (Phi) is 7.22. The summed E-state index contributed by atoms with van der Waals surface area (Å²) in [6, 6.07) is 5.78. The first-order valence-corrected chi connectivity index (χ1v) is 13.1. The number of hydrogen-bond acceptors (Lipinski definition) is 7. The van der Waals surface area contributed by atoms with Gasteiger partial charge in [0.1, 0.15) is 11.9 Å². The molecule has 1 saturated heterocycles. The summed E-state index contributed by atoms with van der Waals surface area (Å²) in [7, 11) is 0. The maximum atomic E-state index is 13.2. The van der Waals surface area contributed by atoms with Gasteiger partial charge in [-0.25, -0.2) is 9.97 Å². The van der Waals surface area contributed by atoms with Gasteiger partial charge in [0.25, 0.3) is 5.91 Å². The molecule has 1 amide bonds. The Labute approximate surface area is 220 Å². The van der Waals surface area contributed by atoms with Crippen molar-refractivity contribution in [1.82, 2.24) is 15.3 Å². The van der Waals surface area contributed by atoms with Gasteiger partial charge in [0.15, 0.2) is 0 Å². The lowest BCUT2D eigenvalue weighted by Crippen LogP contribution is -2.74. The highest BCUT2D eigenvalue weighted by atomic mass is 16.5. The number of nitrogens with one attached hydrogen (secondary N) is 1. The van der Waals surface area contributed by atoms with Crippen LogP contribution in [0, 0.1) is 47.8 Å². The number of hydrogen-bond donors (Lipinski definition) is 2. The molecule has 198 valence electrons. The van der Waals surface area contributed by atoms with Gasteiger partial charge in [-0.3, -0.25) is 4.79 Å². The topological polar surface area (TPSA) is 111 Å². The molecule has 2 atom stereocenters. The van der Waals surface area contributed by atoms with E-state index < -0.39 is 0 Å². The van der Waals surface area contributed by atoms with Crippen molar-refractivity contribution in [2.24, 2.45) is 22.7 Å². The van der Waals surface area contributed by atoms with Crippen molar-refractivity contribution in [1.29, 1.82) is 5.26 Å². The van der Waals surface area contributed by atoms with E-state index in [1.807, 2.05) is 19.9 Å². The van der Waals surface area contributed by atoms with Crippen molar-refractivity contribution >= 4 is 11.9 Å². The summed E-state index contributed by atoms with van der Waals surface area (Å²) in [6.07, 6.45) is 3.96. The lowest BCUT2D eigenvalue weighted by Gasteiger charge is -2.63. The largest absolute Gasteiger partial charge is 0.489 e. The molecule has 1 saturated carbocycles. The van der Waals surface area contributed by atoms with E-state index in [-0.39, 0.29) is 35.5 Å². The molecule has 1 aromatic heterocycles. The number of aliphatic hydroxyl groups is 1. The fraction of sp³-hybridized carbons (Fsp3) is 0.586. The number of carbonyl (C=O) groups excluding carboxylic acids is 1. The van der Waals surface area contributed by atoms with Crippen LogP contribution in [0.2, 0.25) is 0 Å². The maximum Gasteiger partial charge on any atom is 0.254 e. The number of aromatic nitrogens is 2. The molecule has 4 rings (SSSR count). The summed E-state index contributed by atoms with van der Waals surface area (Å²) >= 11 is 0. The number of anilines is 1. The van der Waals surface area contributed by atoms with Gasteiger partial charge >= 0.3 is 0 Å². The highest BCUT2D eigenvalue weighted by Gasteiger charge is 2.64. The van der Waals surface area contributed by atoms with Gasteiger partial charge in [-0.05, 0) is 55.4 Å². The normalized spacial score (nSPS) is 26.1. The molecule has 2 heterocycles. The summed E-state index contributed by atoms with van der Waals surface area (Å²) in [5, 5.41) is 22.0. The Morgan fingerprint density at radius 3 is 2.41 bits per heavy atom. The third-order valence-corrected chi connectivity index (χ3v) is 8.72. The second-order valence-electron chi connectivity index (χ2n) is 11.9. The first-order chi connectivity index (χ1) is 17.4. The summed E-state index contributed by atoms with van der Waals surface area (Å²) in [4.78, 5) is 24.3. The monoisotopic (exact) mass is 505 g/mol. The van der Waals surface area contributed by atoms with E-state index >= 15 is 0 Å². The Morgan fingerprint density at radius 2 is 1.84 bits per heavy atom. The Balaban J connectivity index is 1.43. The predicted molar refractivity (Wildman–Crippen MR) is 142 cm³/mol. The zero-order valence-corrected chi connectivity index (χ0v) is 23.0. The Bertz CT molecular complexity index is 1190. The molecule has 8 heteroatoms. The van der Waals surface area contributed by atoms with Crippen molar-refractivity contribution in [3.8, 4) is 11.8 Å². The van der Waals surface area contributed by atoms with E-state index in [1.165, 1.54) is 0 Å². The minimum absolute atomic E-state index is 0.115. The van der Waals surface area contributed by atoms with E-state index in [2.05, 4.69) is 60.9 Å². The number of amides is 1. The second kappa shape index (κ2) is 9.94. The molecule has 0 spiro atoms. The fourth-order valence-corrected chi connectivity index (χ4v) is 6.43. The van der Waals surface area contributed by atoms with E-state index in [4.69, 9.17) is 4.74 Å². The van der Waals surface area contributed by atoms with Gasteiger partial charge in [-0.1, -0.05) is 34.6 Å². The molecule has 2 aromatic rings. The Hall–Kier alpha value is -3.18. The molecule has 0 unspecified atom stereocenters. The van der Waals surface area contributed by atoms with Crippen LogP contribution in [0.3, 0.4) is 0 Å². The standard InChI is InChI=1S/C29H39N5O3/c1-17-15-34(11-10-21(17)16-35)27-31-13-22(14-32-27)24(36)33-25-28(4,5)26(29(25,6)7)37-23-9-8-20(12-30)18(2)19(23)3/h8-9,13-14,17,21,25-26,35H,10-11,15-16H2,1-7H3,(H,33,36)/t17-,21-,25?,26?/m1/s1. The number of rotatable bonds is 6. The lowest BCUT2D eigenvalue weighted by molar-refractivity contribution is -0.164. The fourth-order valence-electron chi connectivity index (χ4n) is 6.43. The van der Waals surface area contributed by atoms with Crippen molar-refractivity contribution in [3.63, 3.8) is 0 Å². The van der Waals surface area contributed by atoms with Crippen molar-refractivity contribution < 1.29 is 14.6 Å². The number of carbonyl (C=O) groups is 1. The van der Waals surface area contributed by atoms with Crippen LogP contribution in [0.4, 0.5) is 5.95 Å². The molecule has 8 nitrogen and oxygen atoms in total. The summed E-state index contributed by atoms with van der Waals surface area (Å²) in [5.41, 5.74) is 2.33. The third-order valence-electron chi connectivity index (χ3n) is 8.72.